The van der Waals surface area contributed by atoms with E-state index in [-0.39, 0.29) is 0 Å². The van der Waals surface area contributed by atoms with E-state index in [1.54, 1.807) is 0 Å². The van der Waals surface area contributed by atoms with Gasteiger partial charge in [-0.1, -0.05) is 78.9 Å². The monoisotopic (exact) mass is 348 g/mol. The Hall–Kier alpha value is -3.39. The zero-order valence-corrected chi connectivity index (χ0v) is 15.2. The van der Waals surface area contributed by atoms with Crippen LogP contribution in [0.2, 0.25) is 0 Å². The van der Waals surface area contributed by atoms with Gasteiger partial charge in [0.05, 0.1) is 11.2 Å². The minimum atomic E-state index is 0.812. The third-order valence-electron chi connectivity index (χ3n) is 5.15. The lowest BCUT2D eigenvalue weighted by Gasteiger charge is -2.22. The van der Waals surface area contributed by atoms with Gasteiger partial charge in [0, 0.05) is 23.2 Å². The average Bonchev–Trinajstić information content (AvgIpc) is 2.74. The highest BCUT2D eigenvalue weighted by Crippen LogP contribution is 2.39. The molecule has 0 saturated carbocycles. The average molecular weight is 348 g/mol. The van der Waals surface area contributed by atoms with E-state index in [1.807, 2.05) is 0 Å². The van der Waals surface area contributed by atoms with Crippen LogP contribution in [0.5, 0.6) is 0 Å². The molecule has 0 amide bonds. The molecule has 3 aromatic carbocycles. The van der Waals surface area contributed by atoms with E-state index in [4.69, 9.17) is 4.98 Å². The van der Waals surface area contributed by atoms with E-state index in [0.717, 1.165) is 23.4 Å². The van der Waals surface area contributed by atoms with Gasteiger partial charge < -0.3 is 5.32 Å². The van der Waals surface area contributed by atoms with Crippen molar-refractivity contribution in [3.63, 3.8) is 0 Å². The summed E-state index contributed by atoms with van der Waals surface area (Å²) in [5.74, 6) is 0. The Morgan fingerprint density at radius 1 is 0.778 bits per heavy atom. The van der Waals surface area contributed by atoms with Gasteiger partial charge in [-0.25, -0.2) is 0 Å². The summed E-state index contributed by atoms with van der Waals surface area (Å²) in [5, 5.41) is 4.76. The number of aryl methyl sites for hydroxylation is 1. The van der Waals surface area contributed by atoms with Crippen molar-refractivity contribution in [2.45, 2.75) is 6.92 Å². The second-order valence-corrected chi connectivity index (χ2v) is 6.93. The highest BCUT2D eigenvalue weighted by molar-refractivity contribution is 6.06. The molecule has 0 saturated heterocycles. The predicted molar refractivity (Wildman–Crippen MR) is 114 cm³/mol. The summed E-state index contributed by atoms with van der Waals surface area (Å²) in [6.45, 7) is 2.88. The van der Waals surface area contributed by atoms with E-state index >= 15 is 0 Å². The van der Waals surface area contributed by atoms with Crippen LogP contribution >= 0.6 is 0 Å². The molecule has 1 aromatic heterocycles. The molecule has 1 N–H and O–H groups in total. The summed E-state index contributed by atoms with van der Waals surface area (Å²) in [7, 11) is 0. The highest BCUT2D eigenvalue weighted by Gasteiger charge is 2.19. The van der Waals surface area contributed by atoms with Gasteiger partial charge in [0.1, 0.15) is 0 Å². The van der Waals surface area contributed by atoms with Crippen LogP contribution < -0.4 is 5.32 Å². The standard InChI is InChI=1S/C25H20N2/c1-17-16-23(19-10-6-3-7-11-19)22-13-12-21-20(18-8-4-2-5-9-18)14-15-26-24(21)25(22)27-17/h2-14,16,26H,15H2,1H3. The van der Waals surface area contributed by atoms with Gasteiger partial charge in [-0.2, -0.15) is 0 Å². The fraction of sp³-hybridized carbons (Fsp3) is 0.0800. The molecule has 27 heavy (non-hydrogen) atoms. The van der Waals surface area contributed by atoms with E-state index in [2.05, 4.69) is 97.2 Å². The third-order valence-corrected chi connectivity index (χ3v) is 5.15. The van der Waals surface area contributed by atoms with Crippen molar-refractivity contribution in [2.75, 3.05) is 11.9 Å². The van der Waals surface area contributed by atoms with E-state index in [9.17, 15) is 0 Å². The zero-order valence-electron chi connectivity index (χ0n) is 15.2. The Bertz CT molecular complexity index is 1160. The number of hydrogen-bond donors (Lipinski definition) is 1. The molecule has 0 radical (unpaired) electrons. The van der Waals surface area contributed by atoms with Crippen LogP contribution in [-0.4, -0.2) is 11.5 Å². The molecule has 2 heteroatoms. The molecule has 2 heterocycles. The maximum atomic E-state index is 4.91. The van der Waals surface area contributed by atoms with Crippen molar-refractivity contribution in [3.8, 4) is 11.1 Å². The van der Waals surface area contributed by atoms with Crippen LogP contribution in [0.25, 0.3) is 27.6 Å². The van der Waals surface area contributed by atoms with Crippen LogP contribution in [-0.2, 0) is 0 Å². The molecule has 0 unspecified atom stereocenters. The van der Waals surface area contributed by atoms with Crippen molar-refractivity contribution >= 4 is 22.2 Å². The molecule has 4 aromatic rings. The van der Waals surface area contributed by atoms with E-state index in [1.165, 1.54) is 33.2 Å². The van der Waals surface area contributed by atoms with E-state index in [0.29, 0.717) is 0 Å². The maximum Gasteiger partial charge on any atom is 0.0949 e. The molecule has 130 valence electrons. The summed E-state index contributed by atoms with van der Waals surface area (Å²) >= 11 is 0. The number of nitrogens with zero attached hydrogens (tertiary/aromatic N) is 1. The Kier molecular flexibility index (Phi) is 3.75. The first-order valence-corrected chi connectivity index (χ1v) is 9.31. The summed E-state index contributed by atoms with van der Waals surface area (Å²) in [4.78, 5) is 4.91. The molecule has 0 fully saturated rings. The molecule has 0 aliphatic carbocycles. The summed E-state index contributed by atoms with van der Waals surface area (Å²) in [6.07, 6.45) is 2.26. The molecule has 0 atom stereocenters. The number of aromatic nitrogens is 1. The SMILES string of the molecule is Cc1cc(-c2ccccc2)c2ccc3c(c2n1)NCC=C3c1ccccc1. The number of pyridine rings is 1. The van der Waals surface area contributed by atoms with Gasteiger partial charge in [-0.3, -0.25) is 4.98 Å². The van der Waals surface area contributed by atoms with Crippen LogP contribution in [0.15, 0.2) is 84.9 Å². The van der Waals surface area contributed by atoms with Crippen LogP contribution in [0, 0.1) is 6.92 Å². The molecule has 0 bridgehead atoms. The minimum absolute atomic E-state index is 0.812. The van der Waals surface area contributed by atoms with Crippen LogP contribution in [0.1, 0.15) is 16.8 Å². The molecule has 1 aliphatic rings. The number of nitrogens with one attached hydrogen (secondary N) is 1. The van der Waals surface area contributed by atoms with E-state index < -0.39 is 0 Å². The van der Waals surface area contributed by atoms with Gasteiger partial charge in [0.25, 0.3) is 0 Å². The first kappa shape index (κ1) is 15.8. The van der Waals surface area contributed by atoms with Crippen molar-refractivity contribution in [3.05, 3.63) is 102 Å². The predicted octanol–water partition coefficient (Wildman–Crippen LogP) is 6.07. The molecular weight excluding hydrogens is 328 g/mol. The molecule has 1 aliphatic heterocycles. The second kappa shape index (κ2) is 6.40. The zero-order chi connectivity index (χ0) is 18.2. The quantitative estimate of drug-likeness (QED) is 0.476. The van der Waals surface area contributed by atoms with Gasteiger partial charge in [0.15, 0.2) is 0 Å². The van der Waals surface area contributed by atoms with Crippen LogP contribution in [0.3, 0.4) is 0 Å². The number of anilines is 1. The number of rotatable bonds is 2. The number of benzene rings is 3. The molecular formula is C25H20N2. The first-order chi connectivity index (χ1) is 13.3. The van der Waals surface area contributed by atoms with Gasteiger partial charge in [0.2, 0.25) is 0 Å². The first-order valence-electron chi connectivity index (χ1n) is 9.31. The lowest BCUT2D eigenvalue weighted by atomic mass is 9.91. The normalized spacial score (nSPS) is 13.0. The van der Waals surface area contributed by atoms with Crippen molar-refractivity contribution in [1.29, 1.82) is 0 Å². The van der Waals surface area contributed by atoms with Crippen LogP contribution in [0.4, 0.5) is 5.69 Å². The van der Waals surface area contributed by atoms with Crippen molar-refractivity contribution < 1.29 is 0 Å². The number of hydrogen-bond acceptors (Lipinski definition) is 2. The molecule has 5 rings (SSSR count). The Morgan fingerprint density at radius 2 is 1.48 bits per heavy atom. The number of fused-ring (bicyclic) bond motifs is 3. The Balaban J connectivity index is 1.76. The van der Waals surface area contributed by atoms with Gasteiger partial charge in [-0.15, -0.1) is 0 Å². The lowest BCUT2D eigenvalue weighted by molar-refractivity contribution is 1.23. The Labute approximate surface area is 159 Å². The second-order valence-electron chi connectivity index (χ2n) is 6.93. The van der Waals surface area contributed by atoms with Crippen molar-refractivity contribution in [2.24, 2.45) is 0 Å². The largest absolute Gasteiger partial charge is 0.379 e. The molecule has 0 spiro atoms. The smallest absolute Gasteiger partial charge is 0.0949 e. The molecule has 2 nitrogen and oxygen atoms in total. The fourth-order valence-corrected chi connectivity index (χ4v) is 3.94. The lowest BCUT2D eigenvalue weighted by Crippen LogP contribution is -2.10. The highest BCUT2D eigenvalue weighted by atomic mass is 14.9. The fourth-order valence-electron chi connectivity index (χ4n) is 3.94. The minimum Gasteiger partial charge on any atom is -0.379 e. The van der Waals surface area contributed by atoms with Gasteiger partial charge >= 0.3 is 0 Å². The maximum absolute atomic E-state index is 4.91. The Morgan fingerprint density at radius 3 is 2.22 bits per heavy atom. The third kappa shape index (κ3) is 2.70. The van der Waals surface area contributed by atoms with Crippen molar-refractivity contribution in [1.82, 2.24) is 4.98 Å². The van der Waals surface area contributed by atoms with Gasteiger partial charge in [-0.05, 0) is 35.3 Å². The summed E-state index contributed by atoms with van der Waals surface area (Å²) in [6, 6.07) is 27.8. The summed E-state index contributed by atoms with van der Waals surface area (Å²) in [5.41, 5.74) is 9.42. The summed E-state index contributed by atoms with van der Waals surface area (Å²) < 4.78 is 0. The topological polar surface area (TPSA) is 24.9 Å².